The van der Waals surface area contributed by atoms with Crippen LogP contribution in [0.3, 0.4) is 0 Å². The van der Waals surface area contributed by atoms with Crippen molar-refractivity contribution < 1.29 is 13.9 Å². The number of halogens is 2. The summed E-state index contributed by atoms with van der Waals surface area (Å²) in [4.78, 5) is 13.0. The highest BCUT2D eigenvalue weighted by Gasteiger charge is 2.34. The SMILES string of the molecule is CCC1CCC(C2=CC(C)(C)Oc3c(Br)cc(C(=O)Nc4ccc(C)c(F)c4)cc32)CC1. The van der Waals surface area contributed by atoms with Gasteiger partial charge in [-0.1, -0.05) is 19.4 Å². The summed E-state index contributed by atoms with van der Waals surface area (Å²) in [5.41, 5.74) is 3.37. The maximum absolute atomic E-state index is 13.9. The van der Waals surface area contributed by atoms with E-state index in [1.54, 1.807) is 25.1 Å². The van der Waals surface area contributed by atoms with Crippen LogP contribution in [0.25, 0.3) is 5.57 Å². The molecule has 170 valence electrons. The van der Waals surface area contributed by atoms with Gasteiger partial charge in [0.05, 0.1) is 4.47 Å². The molecule has 0 bridgehead atoms. The van der Waals surface area contributed by atoms with Crippen LogP contribution in [0.4, 0.5) is 10.1 Å². The minimum atomic E-state index is -0.407. The molecule has 2 aromatic carbocycles. The summed E-state index contributed by atoms with van der Waals surface area (Å²) in [6.07, 6.45) is 8.29. The van der Waals surface area contributed by atoms with Gasteiger partial charge in [0.15, 0.2) is 0 Å². The molecule has 5 heteroatoms. The second-order valence-corrected chi connectivity index (χ2v) is 10.5. The molecule has 1 aliphatic carbocycles. The van der Waals surface area contributed by atoms with Crippen molar-refractivity contribution in [1.29, 1.82) is 0 Å². The van der Waals surface area contributed by atoms with Gasteiger partial charge in [0.25, 0.3) is 5.91 Å². The van der Waals surface area contributed by atoms with E-state index < -0.39 is 5.60 Å². The van der Waals surface area contributed by atoms with Gasteiger partial charge in [-0.15, -0.1) is 0 Å². The van der Waals surface area contributed by atoms with Gasteiger partial charge in [-0.2, -0.15) is 0 Å². The molecular weight excluding hydrogens is 469 g/mol. The average Bonchev–Trinajstić information content (AvgIpc) is 2.76. The molecule has 2 aromatic rings. The Morgan fingerprint density at radius 2 is 1.91 bits per heavy atom. The number of anilines is 1. The predicted octanol–water partition coefficient (Wildman–Crippen LogP) is 7.92. The summed E-state index contributed by atoms with van der Waals surface area (Å²) in [5, 5.41) is 2.82. The van der Waals surface area contributed by atoms with Crippen LogP contribution in [0.5, 0.6) is 5.75 Å². The van der Waals surface area contributed by atoms with Gasteiger partial charge in [-0.3, -0.25) is 4.79 Å². The van der Waals surface area contributed by atoms with Crippen molar-refractivity contribution in [2.24, 2.45) is 11.8 Å². The topological polar surface area (TPSA) is 38.3 Å². The first-order chi connectivity index (χ1) is 15.2. The highest BCUT2D eigenvalue weighted by molar-refractivity contribution is 9.10. The second-order valence-electron chi connectivity index (χ2n) is 9.68. The molecule has 0 radical (unpaired) electrons. The van der Waals surface area contributed by atoms with E-state index in [0.29, 0.717) is 22.7 Å². The fraction of sp³-hybridized carbons (Fsp3) is 0.444. The summed E-state index contributed by atoms with van der Waals surface area (Å²) in [5.74, 6) is 1.48. The number of carbonyl (C=O) groups excluding carboxylic acids is 1. The smallest absolute Gasteiger partial charge is 0.255 e. The molecule has 1 saturated carbocycles. The lowest BCUT2D eigenvalue weighted by molar-refractivity contribution is 0.102. The first-order valence-electron chi connectivity index (χ1n) is 11.5. The molecule has 1 aliphatic heterocycles. The van der Waals surface area contributed by atoms with Crippen molar-refractivity contribution in [1.82, 2.24) is 0 Å². The zero-order valence-electron chi connectivity index (χ0n) is 19.2. The highest BCUT2D eigenvalue weighted by atomic mass is 79.9. The summed E-state index contributed by atoms with van der Waals surface area (Å²) in [7, 11) is 0. The first kappa shape index (κ1) is 23.0. The number of amides is 1. The van der Waals surface area contributed by atoms with Crippen LogP contribution >= 0.6 is 15.9 Å². The van der Waals surface area contributed by atoms with Crippen LogP contribution < -0.4 is 10.1 Å². The van der Waals surface area contributed by atoms with Crippen molar-refractivity contribution in [3.63, 3.8) is 0 Å². The van der Waals surface area contributed by atoms with Crippen LogP contribution in [0.2, 0.25) is 0 Å². The van der Waals surface area contributed by atoms with Crippen LogP contribution in [0.1, 0.15) is 74.4 Å². The van der Waals surface area contributed by atoms with Crippen LogP contribution in [0.15, 0.2) is 40.9 Å². The van der Waals surface area contributed by atoms with Crippen molar-refractivity contribution in [3.8, 4) is 5.75 Å². The van der Waals surface area contributed by atoms with E-state index in [-0.39, 0.29) is 11.7 Å². The first-order valence-corrected chi connectivity index (χ1v) is 12.3. The maximum atomic E-state index is 13.9. The maximum Gasteiger partial charge on any atom is 0.255 e. The molecule has 1 N–H and O–H groups in total. The number of nitrogens with one attached hydrogen (secondary N) is 1. The number of carbonyl (C=O) groups is 1. The number of hydrogen-bond donors (Lipinski definition) is 1. The lowest BCUT2D eigenvalue weighted by atomic mass is 9.74. The fourth-order valence-electron chi connectivity index (χ4n) is 4.88. The zero-order chi connectivity index (χ0) is 23.0. The number of aryl methyl sites for hydroxylation is 1. The average molecular weight is 500 g/mol. The Morgan fingerprint density at radius 1 is 1.19 bits per heavy atom. The molecule has 3 nitrogen and oxygen atoms in total. The number of benzene rings is 2. The van der Waals surface area contributed by atoms with Crippen molar-refractivity contribution in [2.45, 2.75) is 65.4 Å². The zero-order valence-corrected chi connectivity index (χ0v) is 20.8. The van der Waals surface area contributed by atoms with Gasteiger partial charge in [-0.25, -0.2) is 4.39 Å². The van der Waals surface area contributed by atoms with E-state index in [2.05, 4.69) is 48.1 Å². The van der Waals surface area contributed by atoms with E-state index >= 15 is 0 Å². The van der Waals surface area contributed by atoms with Crippen molar-refractivity contribution >= 4 is 33.1 Å². The van der Waals surface area contributed by atoms with E-state index in [1.807, 2.05) is 6.07 Å². The van der Waals surface area contributed by atoms with Gasteiger partial charge >= 0.3 is 0 Å². The normalized spacial score (nSPS) is 21.9. The molecule has 0 saturated heterocycles. The summed E-state index contributed by atoms with van der Waals surface area (Å²) in [6.45, 7) is 8.13. The Labute approximate surface area is 198 Å². The van der Waals surface area contributed by atoms with E-state index in [9.17, 15) is 9.18 Å². The molecule has 0 aromatic heterocycles. The fourth-order valence-corrected chi connectivity index (χ4v) is 5.42. The number of allylic oxidation sites excluding steroid dienone is 1. The van der Waals surface area contributed by atoms with Crippen LogP contribution in [0, 0.1) is 24.6 Å². The predicted molar refractivity (Wildman–Crippen MR) is 132 cm³/mol. The molecule has 0 spiro atoms. The third-order valence-electron chi connectivity index (χ3n) is 6.78. The Balaban J connectivity index is 1.66. The largest absolute Gasteiger partial charge is 0.482 e. The Kier molecular flexibility index (Phi) is 6.49. The molecule has 1 fully saturated rings. The van der Waals surface area contributed by atoms with Crippen molar-refractivity contribution in [2.75, 3.05) is 5.32 Å². The summed E-state index contributed by atoms with van der Waals surface area (Å²) >= 11 is 3.64. The second kappa shape index (κ2) is 9.01. The monoisotopic (exact) mass is 499 g/mol. The molecule has 0 unspecified atom stereocenters. The quantitative estimate of drug-likeness (QED) is 0.463. The number of hydrogen-bond acceptors (Lipinski definition) is 2. The highest BCUT2D eigenvalue weighted by Crippen LogP contribution is 2.48. The minimum absolute atomic E-state index is 0.268. The summed E-state index contributed by atoms with van der Waals surface area (Å²) < 4.78 is 21.0. The Hall–Kier alpha value is -2.14. The van der Waals surface area contributed by atoms with E-state index in [1.165, 1.54) is 30.9 Å². The molecule has 1 amide bonds. The summed E-state index contributed by atoms with van der Waals surface area (Å²) in [6, 6.07) is 8.44. The lowest BCUT2D eigenvalue weighted by Crippen LogP contribution is -2.31. The standard InChI is InChI=1S/C27H31BrFNO2/c1-5-17-7-9-18(10-8-17)22-15-27(3,4)32-25-21(22)12-19(13-23(25)28)26(31)30-20-11-6-16(2)24(29)14-20/h6,11-15,17-18H,5,7-10H2,1-4H3,(H,30,31). The lowest BCUT2D eigenvalue weighted by Gasteiger charge is -2.37. The van der Waals surface area contributed by atoms with Crippen LogP contribution in [-0.4, -0.2) is 11.5 Å². The van der Waals surface area contributed by atoms with Gasteiger partial charge in [0.1, 0.15) is 17.2 Å². The number of ether oxygens (including phenoxy) is 1. The van der Waals surface area contributed by atoms with Crippen LogP contribution in [-0.2, 0) is 0 Å². The molecule has 0 atom stereocenters. The molecular formula is C27H31BrFNO2. The number of rotatable bonds is 4. The van der Waals surface area contributed by atoms with E-state index in [4.69, 9.17) is 4.74 Å². The minimum Gasteiger partial charge on any atom is -0.482 e. The van der Waals surface area contributed by atoms with Gasteiger partial charge in [0.2, 0.25) is 0 Å². The Bertz CT molecular complexity index is 1070. The third kappa shape index (κ3) is 4.78. The van der Waals surface area contributed by atoms with E-state index in [0.717, 1.165) is 34.5 Å². The van der Waals surface area contributed by atoms with Crippen molar-refractivity contribution in [3.05, 3.63) is 63.4 Å². The molecule has 4 rings (SSSR count). The van der Waals surface area contributed by atoms with Gasteiger partial charge in [-0.05, 0) is 116 Å². The number of fused-ring (bicyclic) bond motifs is 1. The molecule has 2 aliphatic rings. The van der Waals surface area contributed by atoms with Gasteiger partial charge in [0, 0.05) is 16.8 Å². The molecule has 1 heterocycles. The third-order valence-corrected chi connectivity index (χ3v) is 7.37. The molecule has 32 heavy (non-hydrogen) atoms. The van der Waals surface area contributed by atoms with Gasteiger partial charge < -0.3 is 10.1 Å². The Morgan fingerprint density at radius 3 is 2.56 bits per heavy atom.